The molecule has 2 aliphatic rings. The van der Waals surface area contributed by atoms with Gasteiger partial charge in [0.1, 0.15) is 6.04 Å². The van der Waals surface area contributed by atoms with Gasteiger partial charge in [-0.2, -0.15) is 5.10 Å². The molecular weight excluding hydrogens is 320 g/mol. The zero-order valence-corrected chi connectivity index (χ0v) is 15.1. The number of aromatic nitrogens is 2. The van der Waals surface area contributed by atoms with Gasteiger partial charge < -0.3 is 15.3 Å². The van der Waals surface area contributed by atoms with Crippen molar-refractivity contribution in [3.05, 3.63) is 17.5 Å². The van der Waals surface area contributed by atoms with Gasteiger partial charge in [0, 0.05) is 25.2 Å². The Hall–Kier alpha value is -1.89. The van der Waals surface area contributed by atoms with Crippen LogP contribution >= 0.6 is 0 Å². The summed E-state index contributed by atoms with van der Waals surface area (Å²) in [5.74, 6) is -0.911. The number of rotatable bonds is 5. The first-order valence-electron chi connectivity index (χ1n) is 9.14. The molecule has 2 N–H and O–H groups in total. The molecule has 0 bridgehead atoms. The minimum atomic E-state index is -0.873. The third-order valence-electron chi connectivity index (χ3n) is 5.64. The predicted octanol–water partition coefficient (Wildman–Crippen LogP) is 1.34. The number of aryl methyl sites for hydroxylation is 3. The van der Waals surface area contributed by atoms with Gasteiger partial charge in [-0.25, -0.2) is 4.79 Å². The van der Waals surface area contributed by atoms with E-state index in [1.54, 1.807) is 4.90 Å². The molecule has 1 spiro atoms. The van der Waals surface area contributed by atoms with Crippen LogP contribution in [0.1, 0.15) is 43.5 Å². The van der Waals surface area contributed by atoms with Gasteiger partial charge in [-0.1, -0.05) is 0 Å². The Kier molecular flexibility index (Phi) is 5.13. The van der Waals surface area contributed by atoms with Crippen LogP contribution in [0.2, 0.25) is 0 Å². The maximum Gasteiger partial charge on any atom is 0.326 e. The molecule has 7 nitrogen and oxygen atoms in total. The van der Waals surface area contributed by atoms with Gasteiger partial charge in [-0.3, -0.25) is 9.48 Å². The Bertz CT molecular complexity index is 649. The topological polar surface area (TPSA) is 87.5 Å². The third-order valence-corrected chi connectivity index (χ3v) is 5.64. The Balaban J connectivity index is 1.59. The summed E-state index contributed by atoms with van der Waals surface area (Å²) >= 11 is 0. The number of amides is 1. The number of carboxylic acid groups (broad SMARTS) is 1. The second-order valence-corrected chi connectivity index (χ2v) is 7.58. The molecule has 1 amide bonds. The second kappa shape index (κ2) is 7.15. The molecule has 0 saturated carbocycles. The van der Waals surface area contributed by atoms with Crippen LogP contribution < -0.4 is 5.32 Å². The highest BCUT2D eigenvalue weighted by molar-refractivity contribution is 5.84. The zero-order valence-electron chi connectivity index (χ0n) is 15.1. The van der Waals surface area contributed by atoms with E-state index >= 15 is 0 Å². The minimum Gasteiger partial charge on any atom is -0.480 e. The molecule has 25 heavy (non-hydrogen) atoms. The van der Waals surface area contributed by atoms with Crippen molar-refractivity contribution in [2.24, 2.45) is 5.41 Å². The summed E-state index contributed by atoms with van der Waals surface area (Å²) in [4.78, 5) is 26.0. The van der Waals surface area contributed by atoms with E-state index in [9.17, 15) is 14.7 Å². The van der Waals surface area contributed by atoms with Crippen molar-refractivity contribution >= 4 is 11.9 Å². The van der Waals surface area contributed by atoms with E-state index in [0.717, 1.165) is 37.3 Å². The average molecular weight is 348 g/mol. The van der Waals surface area contributed by atoms with Crippen LogP contribution in [0.15, 0.2) is 6.07 Å². The standard InChI is InChI=1S/C18H28N4O3/c1-13-10-14(2)22(20-13)9-3-4-16(23)21-12-18(5-7-19-8-6-18)11-15(21)17(24)25/h10,15,19H,3-9,11-12H2,1-2H3,(H,24,25). The molecule has 2 saturated heterocycles. The molecular formula is C18H28N4O3. The number of nitrogens with one attached hydrogen (secondary N) is 1. The molecule has 0 radical (unpaired) electrons. The summed E-state index contributed by atoms with van der Waals surface area (Å²) in [6.45, 7) is 7.05. The highest BCUT2D eigenvalue weighted by atomic mass is 16.4. The van der Waals surface area contributed by atoms with E-state index in [4.69, 9.17) is 0 Å². The SMILES string of the molecule is Cc1cc(C)n(CCCC(=O)N2CC3(CCNCC3)CC2C(=O)O)n1. The highest BCUT2D eigenvalue weighted by Crippen LogP contribution is 2.42. The largest absolute Gasteiger partial charge is 0.480 e. The molecule has 3 heterocycles. The number of piperidine rings is 1. The van der Waals surface area contributed by atoms with Crippen molar-refractivity contribution in [3.8, 4) is 0 Å². The molecule has 1 atom stereocenters. The molecule has 2 fully saturated rings. The molecule has 2 aliphatic heterocycles. The van der Waals surface area contributed by atoms with Crippen LogP contribution in [0, 0.1) is 19.3 Å². The van der Waals surface area contributed by atoms with Crippen LogP contribution in [0.25, 0.3) is 0 Å². The average Bonchev–Trinajstić information content (AvgIpc) is 3.09. The number of hydrogen-bond donors (Lipinski definition) is 2. The Morgan fingerprint density at radius 1 is 1.36 bits per heavy atom. The molecule has 1 aromatic rings. The normalized spacial score (nSPS) is 22.5. The Morgan fingerprint density at radius 3 is 2.68 bits per heavy atom. The van der Waals surface area contributed by atoms with Crippen LogP contribution in [-0.2, 0) is 16.1 Å². The van der Waals surface area contributed by atoms with Gasteiger partial charge >= 0.3 is 5.97 Å². The number of aliphatic carboxylic acids is 1. The summed E-state index contributed by atoms with van der Waals surface area (Å²) in [6.07, 6.45) is 3.54. The number of carbonyl (C=O) groups is 2. The van der Waals surface area contributed by atoms with Crippen molar-refractivity contribution in [1.82, 2.24) is 20.0 Å². The van der Waals surface area contributed by atoms with E-state index in [-0.39, 0.29) is 11.3 Å². The fourth-order valence-corrected chi connectivity index (χ4v) is 4.28. The molecule has 7 heteroatoms. The van der Waals surface area contributed by atoms with Crippen LogP contribution in [-0.4, -0.2) is 57.3 Å². The van der Waals surface area contributed by atoms with Gasteiger partial charge in [0.05, 0.1) is 5.69 Å². The van der Waals surface area contributed by atoms with Crippen molar-refractivity contribution in [2.75, 3.05) is 19.6 Å². The molecule has 3 rings (SSSR count). The van der Waals surface area contributed by atoms with Crippen LogP contribution in [0.4, 0.5) is 0 Å². The summed E-state index contributed by atoms with van der Waals surface area (Å²) in [5, 5.41) is 17.3. The van der Waals surface area contributed by atoms with E-state index in [0.29, 0.717) is 32.4 Å². The minimum absolute atomic E-state index is 0.0142. The maximum atomic E-state index is 12.7. The van der Waals surface area contributed by atoms with E-state index < -0.39 is 12.0 Å². The molecule has 138 valence electrons. The zero-order chi connectivity index (χ0) is 18.0. The molecule has 1 aromatic heterocycles. The number of carboxylic acids is 1. The Labute approximate surface area is 148 Å². The summed E-state index contributed by atoms with van der Waals surface area (Å²) in [6, 6.07) is 1.35. The van der Waals surface area contributed by atoms with E-state index in [1.807, 2.05) is 24.6 Å². The van der Waals surface area contributed by atoms with Crippen molar-refractivity contribution in [1.29, 1.82) is 0 Å². The summed E-state index contributed by atoms with van der Waals surface area (Å²) in [5.41, 5.74) is 2.05. The van der Waals surface area contributed by atoms with Gasteiger partial charge in [-0.15, -0.1) is 0 Å². The fraction of sp³-hybridized carbons (Fsp3) is 0.722. The Morgan fingerprint density at radius 2 is 2.08 bits per heavy atom. The maximum absolute atomic E-state index is 12.7. The third kappa shape index (κ3) is 3.86. The lowest BCUT2D eigenvalue weighted by molar-refractivity contribution is -0.148. The summed E-state index contributed by atoms with van der Waals surface area (Å²) in [7, 11) is 0. The van der Waals surface area contributed by atoms with E-state index in [2.05, 4.69) is 10.4 Å². The second-order valence-electron chi connectivity index (χ2n) is 7.58. The van der Waals surface area contributed by atoms with Gasteiger partial charge in [0.2, 0.25) is 5.91 Å². The lowest BCUT2D eigenvalue weighted by atomic mass is 9.77. The fourth-order valence-electron chi connectivity index (χ4n) is 4.28. The molecule has 1 unspecified atom stereocenters. The smallest absolute Gasteiger partial charge is 0.326 e. The quantitative estimate of drug-likeness (QED) is 0.838. The first kappa shape index (κ1) is 17.9. The van der Waals surface area contributed by atoms with Crippen molar-refractivity contribution < 1.29 is 14.7 Å². The monoisotopic (exact) mass is 348 g/mol. The number of carbonyl (C=O) groups excluding carboxylic acids is 1. The summed E-state index contributed by atoms with van der Waals surface area (Å²) < 4.78 is 1.91. The van der Waals surface area contributed by atoms with Crippen molar-refractivity contribution in [2.45, 2.75) is 58.5 Å². The molecule has 0 aliphatic carbocycles. The number of nitrogens with zero attached hydrogens (tertiary/aromatic N) is 3. The predicted molar refractivity (Wildman–Crippen MR) is 93.2 cm³/mol. The van der Waals surface area contributed by atoms with E-state index in [1.165, 1.54) is 0 Å². The molecule has 0 aromatic carbocycles. The lowest BCUT2D eigenvalue weighted by Crippen LogP contribution is -2.41. The van der Waals surface area contributed by atoms with Gasteiger partial charge in [-0.05, 0) is 64.1 Å². The van der Waals surface area contributed by atoms with Crippen LogP contribution in [0.5, 0.6) is 0 Å². The first-order chi connectivity index (χ1) is 11.9. The van der Waals surface area contributed by atoms with Crippen LogP contribution in [0.3, 0.4) is 0 Å². The lowest BCUT2D eigenvalue weighted by Gasteiger charge is -2.33. The van der Waals surface area contributed by atoms with Crippen molar-refractivity contribution in [3.63, 3.8) is 0 Å². The van der Waals surface area contributed by atoms with Gasteiger partial charge in [0.25, 0.3) is 0 Å². The first-order valence-corrected chi connectivity index (χ1v) is 9.14. The number of likely N-dealkylation sites (tertiary alicyclic amines) is 1. The number of hydrogen-bond acceptors (Lipinski definition) is 4. The van der Waals surface area contributed by atoms with Gasteiger partial charge in [0.15, 0.2) is 0 Å². The highest BCUT2D eigenvalue weighted by Gasteiger charge is 2.48.